The van der Waals surface area contributed by atoms with E-state index >= 15 is 0 Å². The Morgan fingerprint density at radius 2 is 1.00 bits per heavy atom. The largest absolute Gasteiger partial charge is 0.465 e. The normalized spacial score (nSPS) is 24.2. The van der Waals surface area contributed by atoms with Crippen molar-refractivity contribution in [2.75, 3.05) is 13.2 Å². The van der Waals surface area contributed by atoms with Gasteiger partial charge in [-0.1, -0.05) is 62.4 Å². The molecule has 2 bridgehead atoms. The molecule has 0 unspecified atom stereocenters. The Morgan fingerprint density at radius 3 is 1.29 bits per heavy atom. The average molecular weight is 378 g/mol. The minimum Gasteiger partial charge on any atom is -0.465 e. The summed E-state index contributed by atoms with van der Waals surface area (Å²) in [6, 6.07) is 16.3. The van der Waals surface area contributed by atoms with Crippen molar-refractivity contribution >= 4 is 11.9 Å². The lowest BCUT2D eigenvalue weighted by Gasteiger charge is -2.48. The van der Waals surface area contributed by atoms with Gasteiger partial charge in [-0.2, -0.15) is 0 Å². The van der Waals surface area contributed by atoms with Crippen LogP contribution in [-0.2, 0) is 19.1 Å². The fourth-order valence-corrected chi connectivity index (χ4v) is 4.84. The Kier molecular flexibility index (Phi) is 5.21. The first-order valence-corrected chi connectivity index (χ1v) is 10.2. The molecule has 0 aliphatic heterocycles. The molecule has 0 heterocycles. The molecule has 146 valence electrons. The number of fused-ring (bicyclic) bond motifs is 1. The average Bonchev–Trinajstić information content (AvgIpc) is 2.75. The van der Waals surface area contributed by atoms with E-state index in [-0.39, 0.29) is 23.8 Å². The molecule has 0 fully saturated rings. The summed E-state index contributed by atoms with van der Waals surface area (Å²) in [5.41, 5.74) is 4.52. The van der Waals surface area contributed by atoms with Gasteiger partial charge in [-0.3, -0.25) is 9.59 Å². The van der Waals surface area contributed by atoms with E-state index in [2.05, 4.69) is 24.3 Å². The molecule has 0 amide bonds. The van der Waals surface area contributed by atoms with E-state index in [0.29, 0.717) is 13.2 Å². The van der Waals surface area contributed by atoms with Crippen LogP contribution in [0.4, 0.5) is 0 Å². The van der Waals surface area contributed by atoms with E-state index in [1.54, 1.807) is 0 Å². The van der Waals surface area contributed by atoms with Gasteiger partial charge in [-0.15, -0.1) is 0 Å². The molecule has 0 radical (unpaired) electrons. The van der Waals surface area contributed by atoms with Crippen molar-refractivity contribution < 1.29 is 19.1 Å². The van der Waals surface area contributed by atoms with Gasteiger partial charge < -0.3 is 9.47 Å². The first kappa shape index (κ1) is 18.7. The first-order chi connectivity index (χ1) is 13.7. The van der Waals surface area contributed by atoms with E-state index in [4.69, 9.17) is 9.47 Å². The smallest absolute Gasteiger partial charge is 0.310 e. The first-order valence-electron chi connectivity index (χ1n) is 10.2. The Hall–Kier alpha value is -2.62. The van der Waals surface area contributed by atoms with E-state index < -0.39 is 11.8 Å². The molecule has 2 aromatic rings. The zero-order chi connectivity index (χ0) is 19.7. The van der Waals surface area contributed by atoms with Crippen LogP contribution in [0.1, 0.15) is 60.8 Å². The molecule has 0 N–H and O–H groups in total. The SMILES string of the molecule is CCCOC(=O)[C@H]1C2c3ccccc3C(c3ccccc32)[C@@H]1C(=O)OCCC. The highest BCUT2D eigenvalue weighted by molar-refractivity contribution is 5.88. The molecule has 3 aliphatic carbocycles. The quantitative estimate of drug-likeness (QED) is 0.699. The van der Waals surface area contributed by atoms with Gasteiger partial charge in [0.05, 0.1) is 25.0 Å². The predicted molar refractivity (Wildman–Crippen MR) is 106 cm³/mol. The lowest BCUT2D eigenvalue weighted by Crippen LogP contribution is -2.48. The van der Waals surface area contributed by atoms with Crippen LogP contribution in [0.5, 0.6) is 0 Å². The highest BCUT2D eigenvalue weighted by Gasteiger charge is 2.56. The summed E-state index contributed by atoms with van der Waals surface area (Å²) < 4.78 is 11.1. The van der Waals surface area contributed by atoms with Gasteiger partial charge in [0.2, 0.25) is 0 Å². The monoisotopic (exact) mass is 378 g/mol. The van der Waals surface area contributed by atoms with Crippen LogP contribution in [0.3, 0.4) is 0 Å². The van der Waals surface area contributed by atoms with Gasteiger partial charge in [0.1, 0.15) is 0 Å². The van der Waals surface area contributed by atoms with Crippen molar-refractivity contribution in [3.05, 3.63) is 70.8 Å². The van der Waals surface area contributed by atoms with E-state index in [0.717, 1.165) is 35.1 Å². The number of carbonyl (C=O) groups excluding carboxylic acids is 2. The second-order valence-electron chi connectivity index (χ2n) is 7.60. The van der Waals surface area contributed by atoms with Gasteiger partial charge in [-0.05, 0) is 35.1 Å². The highest BCUT2D eigenvalue weighted by atomic mass is 16.5. The molecule has 2 atom stereocenters. The van der Waals surface area contributed by atoms with Crippen molar-refractivity contribution in [2.24, 2.45) is 11.8 Å². The summed E-state index contributed by atoms with van der Waals surface area (Å²) in [6.07, 6.45) is 1.51. The lowest BCUT2D eigenvalue weighted by atomic mass is 9.54. The van der Waals surface area contributed by atoms with Gasteiger partial charge in [-0.25, -0.2) is 0 Å². The van der Waals surface area contributed by atoms with Crippen molar-refractivity contribution in [3.63, 3.8) is 0 Å². The number of hydrogen-bond acceptors (Lipinski definition) is 4. The molecule has 4 heteroatoms. The van der Waals surface area contributed by atoms with Crippen molar-refractivity contribution in [1.29, 1.82) is 0 Å². The summed E-state index contributed by atoms with van der Waals surface area (Å²) in [6.45, 7) is 4.68. The van der Waals surface area contributed by atoms with E-state index in [1.165, 1.54) is 0 Å². The summed E-state index contributed by atoms with van der Waals surface area (Å²) in [5, 5.41) is 0. The molecular weight excluding hydrogens is 352 g/mol. The molecule has 4 nitrogen and oxygen atoms in total. The summed E-state index contributed by atoms with van der Waals surface area (Å²) >= 11 is 0. The third-order valence-corrected chi connectivity index (χ3v) is 5.88. The number of hydrogen-bond donors (Lipinski definition) is 0. The van der Waals surface area contributed by atoms with E-state index in [1.807, 2.05) is 38.1 Å². The predicted octanol–water partition coefficient (Wildman–Crippen LogP) is 4.42. The third-order valence-electron chi connectivity index (χ3n) is 5.88. The maximum absolute atomic E-state index is 13.1. The van der Waals surface area contributed by atoms with Crippen molar-refractivity contribution in [2.45, 2.75) is 38.5 Å². The number of rotatable bonds is 6. The standard InChI is InChI=1S/C24H26O4/c1-3-13-27-23(25)21-19-15-9-5-7-11-17(15)20(18-12-8-6-10-16(18)19)22(21)24(26)28-14-4-2/h5-12,19-22H,3-4,13-14H2,1-2H3/t19?,20?,21-,22-/m0/s1. The fraction of sp³-hybridized carbons (Fsp3) is 0.417. The molecular formula is C24H26O4. The molecule has 0 spiro atoms. The molecule has 2 aromatic carbocycles. The van der Waals surface area contributed by atoms with Crippen LogP contribution in [0.15, 0.2) is 48.5 Å². The lowest BCUT2D eigenvalue weighted by molar-refractivity contribution is -0.163. The molecule has 0 aromatic heterocycles. The minimum absolute atomic E-state index is 0.180. The Morgan fingerprint density at radius 1 is 0.679 bits per heavy atom. The van der Waals surface area contributed by atoms with Crippen LogP contribution in [0, 0.1) is 11.8 Å². The van der Waals surface area contributed by atoms with Crippen LogP contribution in [-0.4, -0.2) is 25.2 Å². The summed E-state index contributed by atoms with van der Waals surface area (Å²) in [7, 11) is 0. The zero-order valence-electron chi connectivity index (χ0n) is 16.4. The second-order valence-corrected chi connectivity index (χ2v) is 7.60. The van der Waals surface area contributed by atoms with Gasteiger partial charge >= 0.3 is 11.9 Å². The van der Waals surface area contributed by atoms with Gasteiger partial charge in [0.15, 0.2) is 0 Å². The van der Waals surface area contributed by atoms with Crippen LogP contribution < -0.4 is 0 Å². The Bertz CT molecular complexity index is 768. The zero-order valence-corrected chi connectivity index (χ0v) is 16.4. The highest BCUT2D eigenvalue weighted by Crippen LogP contribution is 2.58. The fourth-order valence-electron chi connectivity index (χ4n) is 4.84. The number of benzene rings is 2. The van der Waals surface area contributed by atoms with Gasteiger partial charge in [0.25, 0.3) is 0 Å². The summed E-state index contributed by atoms with van der Waals surface area (Å²) in [5.74, 6) is -2.04. The molecule has 0 saturated heterocycles. The summed E-state index contributed by atoms with van der Waals surface area (Å²) in [4.78, 5) is 26.3. The number of esters is 2. The second kappa shape index (κ2) is 7.78. The minimum atomic E-state index is -0.550. The number of carbonyl (C=O) groups is 2. The van der Waals surface area contributed by atoms with Crippen LogP contribution in [0.2, 0.25) is 0 Å². The Labute approximate surface area is 165 Å². The Balaban J connectivity index is 1.86. The topological polar surface area (TPSA) is 52.6 Å². The molecule has 28 heavy (non-hydrogen) atoms. The molecule has 0 saturated carbocycles. The molecule has 5 rings (SSSR count). The van der Waals surface area contributed by atoms with Crippen molar-refractivity contribution in [3.8, 4) is 0 Å². The third kappa shape index (κ3) is 2.92. The van der Waals surface area contributed by atoms with E-state index in [9.17, 15) is 9.59 Å². The van der Waals surface area contributed by atoms with Crippen molar-refractivity contribution in [1.82, 2.24) is 0 Å². The maximum Gasteiger partial charge on any atom is 0.310 e. The maximum atomic E-state index is 13.1. The van der Waals surface area contributed by atoms with Crippen LogP contribution in [0.25, 0.3) is 0 Å². The number of ether oxygens (including phenoxy) is 2. The molecule has 3 aliphatic rings. The van der Waals surface area contributed by atoms with Gasteiger partial charge in [0, 0.05) is 11.8 Å². The van der Waals surface area contributed by atoms with Crippen LogP contribution >= 0.6 is 0 Å².